The van der Waals surface area contributed by atoms with Crippen LogP contribution in [0.5, 0.6) is 0 Å². The molecule has 0 radical (unpaired) electrons. The molecule has 0 aliphatic carbocycles. The van der Waals surface area contributed by atoms with E-state index in [9.17, 15) is 18.0 Å². The molecule has 2 rings (SSSR count). The number of rotatable bonds is 7. The van der Waals surface area contributed by atoms with Crippen molar-refractivity contribution in [3.8, 4) is 0 Å². The summed E-state index contributed by atoms with van der Waals surface area (Å²) in [4.78, 5) is 28.0. The number of amides is 1. The molecule has 1 aliphatic heterocycles. The molecule has 1 heterocycles. The largest absolute Gasteiger partial charge is 0.465 e. The Morgan fingerprint density at radius 2 is 1.79 bits per heavy atom. The molecule has 162 valence electrons. The van der Waals surface area contributed by atoms with Crippen LogP contribution in [-0.2, 0) is 19.6 Å². The summed E-state index contributed by atoms with van der Waals surface area (Å²) in [7, 11) is -2.40. The van der Waals surface area contributed by atoms with Gasteiger partial charge in [-0.3, -0.25) is 9.69 Å². The van der Waals surface area contributed by atoms with E-state index in [1.807, 2.05) is 18.7 Å². The standard InChI is InChI=1S/C20H31N3O5S/c1-5-22(6-2)19(24)15-21-10-7-11-23(13-12-21)29(26,27)18-9-8-17(14-16(18)3)20(25)28-4/h8-9,14H,5-7,10-13,15H2,1-4H3. The zero-order chi connectivity index (χ0) is 21.6. The molecule has 1 aliphatic rings. The van der Waals surface area contributed by atoms with Crippen LogP contribution in [0.4, 0.5) is 0 Å². The summed E-state index contributed by atoms with van der Waals surface area (Å²) < 4.78 is 32.5. The van der Waals surface area contributed by atoms with Crippen molar-refractivity contribution in [2.24, 2.45) is 0 Å². The third-order valence-electron chi connectivity index (χ3n) is 5.24. The molecular formula is C20H31N3O5S. The van der Waals surface area contributed by atoms with Crippen LogP contribution in [-0.4, -0.2) is 87.3 Å². The second kappa shape index (κ2) is 10.2. The highest BCUT2D eigenvalue weighted by molar-refractivity contribution is 7.89. The molecule has 1 saturated heterocycles. The maximum Gasteiger partial charge on any atom is 0.337 e. The quantitative estimate of drug-likeness (QED) is 0.613. The number of ether oxygens (including phenoxy) is 1. The first-order chi connectivity index (χ1) is 13.7. The second-order valence-corrected chi connectivity index (χ2v) is 8.98. The normalized spacial score (nSPS) is 16.3. The summed E-state index contributed by atoms with van der Waals surface area (Å²) in [6.07, 6.45) is 0.657. The van der Waals surface area contributed by atoms with E-state index in [1.165, 1.54) is 29.6 Å². The van der Waals surface area contributed by atoms with Gasteiger partial charge in [0, 0.05) is 32.7 Å². The first kappa shape index (κ1) is 23.3. The highest BCUT2D eigenvalue weighted by Gasteiger charge is 2.29. The number of methoxy groups -OCH3 is 1. The Hall–Kier alpha value is -1.97. The lowest BCUT2D eigenvalue weighted by molar-refractivity contribution is -0.132. The van der Waals surface area contributed by atoms with Crippen LogP contribution in [0, 0.1) is 6.92 Å². The summed E-state index contributed by atoms with van der Waals surface area (Å²) in [5.74, 6) is -0.430. The smallest absolute Gasteiger partial charge is 0.337 e. The summed E-state index contributed by atoms with van der Waals surface area (Å²) in [6.45, 7) is 9.13. The molecule has 0 N–H and O–H groups in total. The summed E-state index contributed by atoms with van der Waals surface area (Å²) in [6, 6.07) is 4.47. The Bertz CT molecular complexity index is 837. The van der Waals surface area contributed by atoms with Gasteiger partial charge in [-0.05, 0) is 57.5 Å². The fraction of sp³-hybridized carbons (Fsp3) is 0.600. The van der Waals surface area contributed by atoms with Crippen molar-refractivity contribution >= 4 is 21.9 Å². The lowest BCUT2D eigenvalue weighted by Gasteiger charge is -2.25. The molecular weight excluding hydrogens is 394 g/mol. The highest BCUT2D eigenvalue weighted by Crippen LogP contribution is 2.22. The molecule has 0 unspecified atom stereocenters. The number of carbonyl (C=O) groups excluding carboxylic acids is 2. The van der Waals surface area contributed by atoms with Crippen LogP contribution in [0.2, 0.25) is 0 Å². The Balaban J connectivity index is 2.11. The molecule has 0 spiro atoms. The third-order valence-corrected chi connectivity index (χ3v) is 7.30. The minimum absolute atomic E-state index is 0.0700. The fourth-order valence-electron chi connectivity index (χ4n) is 3.54. The van der Waals surface area contributed by atoms with Crippen molar-refractivity contribution < 1.29 is 22.7 Å². The van der Waals surface area contributed by atoms with Gasteiger partial charge in [-0.2, -0.15) is 4.31 Å². The minimum Gasteiger partial charge on any atom is -0.465 e. The average molecular weight is 426 g/mol. The minimum atomic E-state index is -3.68. The predicted molar refractivity (Wildman–Crippen MR) is 110 cm³/mol. The van der Waals surface area contributed by atoms with Crippen molar-refractivity contribution in [2.75, 3.05) is 52.9 Å². The maximum absolute atomic E-state index is 13.2. The van der Waals surface area contributed by atoms with Crippen LogP contribution in [0.1, 0.15) is 36.2 Å². The zero-order valence-electron chi connectivity index (χ0n) is 17.7. The zero-order valence-corrected chi connectivity index (χ0v) is 18.5. The van der Waals surface area contributed by atoms with Gasteiger partial charge in [0.2, 0.25) is 15.9 Å². The SMILES string of the molecule is CCN(CC)C(=O)CN1CCCN(S(=O)(=O)c2ccc(C(=O)OC)cc2C)CC1. The van der Waals surface area contributed by atoms with Gasteiger partial charge >= 0.3 is 5.97 Å². The predicted octanol–water partition coefficient (Wildman–Crippen LogP) is 1.35. The van der Waals surface area contributed by atoms with E-state index in [-0.39, 0.29) is 10.8 Å². The number of esters is 1. The number of hydrogen-bond acceptors (Lipinski definition) is 6. The van der Waals surface area contributed by atoms with Crippen LogP contribution in [0.15, 0.2) is 23.1 Å². The molecule has 0 atom stereocenters. The molecule has 0 bridgehead atoms. The van der Waals surface area contributed by atoms with Crippen molar-refractivity contribution in [3.05, 3.63) is 29.3 Å². The number of likely N-dealkylation sites (N-methyl/N-ethyl adjacent to an activating group) is 1. The number of nitrogens with zero attached hydrogens (tertiary/aromatic N) is 3. The Morgan fingerprint density at radius 1 is 1.10 bits per heavy atom. The molecule has 1 fully saturated rings. The molecule has 9 heteroatoms. The van der Waals surface area contributed by atoms with Crippen LogP contribution in [0.25, 0.3) is 0 Å². The average Bonchev–Trinajstić information content (AvgIpc) is 2.94. The highest BCUT2D eigenvalue weighted by atomic mass is 32.2. The third kappa shape index (κ3) is 5.55. The Labute approximate surface area is 173 Å². The fourth-order valence-corrected chi connectivity index (χ4v) is 5.21. The second-order valence-electron chi connectivity index (χ2n) is 7.07. The molecule has 0 saturated carbocycles. The molecule has 29 heavy (non-hydrogen) atoms. The van der Waals surface area contributed by atoms with Crippen molar-refractivity contribution in [2.45, 2.75) is 32.1 Å². The van der Waals surface area contributed by atoms with Gasteiger partial charge in [0.1, 0.15) is 0 Å². The van der Waals surface area contributed by atoms with Gasteiger partial charge < -0.3 is 9.64 Å². The van der Waals surface area contributed by atoms with Crippen molar-refractivity contribution in [3.63, 3.8) is 0 Å². The number of hydrogen-bond donors (Lipinski definition) is 0. The van der Waals surface area contributed by atoms with Crippen LogP contribution >= 0.6 is 0 Å². The van der Waals surface area contributed by atoms with Gasteiger partial charge in [-0.25, -0.2) is 13.2 Å². The number of sulfonamides is 1. The lowest BCUT2D eigenvalue weighted by Crippen LogP contribution is -2.42. The van der Waals surface area contributed by atoms with Crippen molar-refractivity contribution in [1.29, 1.82) is 0 Å². The van der Waals surface area contributed by atoms with E-state index in [1.54, 1.807) is 11.8 Å². The van der Waals surface area contributed by atoms with Gasteiger partial charge in [0.15, 0.2) is 0 Å². The van der Waals surface area contributed by atoms with E-state index >= 15 is 0 Å². The maximum atomic E-state index is 13.2. The summed E-state index contributed by atoms with van der Waals surface area (Å²) >= 11 is 0. The first-order valence-electron chi connectivity index (χ1n) is 9.93. The van der Waals surface area contributed by atoms with Crippen LogP contribution < -0.4 is 0 Å². The van der Waals surface area contributed by atoms with Gasteiger partial charge in [-0.15, -0.1) is 0 Å². The molecule has 1 aromatic rings. The Morgan fingerprint density at radius 3 is 2.38 bits per heavy atom. The van der Waals surface area contributed by atoms with Gasteiger partial charge in [-0.1, -0.05) is 0 Å². The summed E-state index contributed by atoms with van der Waals surface area (Å²) in [5, 5.41) is 0. The van der Waals surface area contributed by atoms with E-state index in [2.05, 4.69) is 0 Å². The van der Waals surface area contributed by atoms with E-state index in [0.717, 1.165) is 0 Å². The van der Waals surface area contributed by atoms with E-state index in [4.69, 9.17) is 4.74 Å². The van der Waals surface area contributed by atoms with E-state index in [0.29, 0.717) is 63.4 Å². The molecule has 0 aromatic heterocycles. The molecule has 8 nitrogen and oxygen atoms in total. The van der Waals surface area contributed by atoms with E-state index < -0.39 is 16.0 Å². The first-order valence-corrected chi connectivity index (χ1v) is 11.4. The van der Waals surface area contributed by atoms with Crippen molar-refractivity contribution in [1.82, 2.24) is 14.1 Å². The van der Waals surface area contributed by atoms with Gasteiger partial charge in [0.25, 0.3) is 0 Å². The number of aryl methyl sites for hydroxylation is 1. The molecule has 1 aromatic carbocycles. The Kier molecular flexibility index (Phi) is 8.18. The lowest BCUT2D eigenvalue weighted by atomic mass is 10.1. The monoisotopic (exact) mass is 425 g/mol. The van der Waals surface area contributed by atoms with Crippen LogP contribution in [0.3, 0.4) is 0 Å². The molecule has 1 amide bonds. The number of benzene rings is 1. The van der Waals surface area contributed by atoms with Gasteiger partial charge in [0.05, 0.1) is 24.1 Å². The topological polar surface area (TPSA) is 87.2 Å². The summed E-state index contributed by atoms with van der Waals surface area (Å²) in [5.41, 5.74) is 0.826. The number of carbonyl (C=O) groups is 2.